The summed E-state index contributed by atoms with van der Waals surface area (Å²) in [6.45, 7) is 1.53. The summed E-state index contributed by atoms with van der Waals surface area (Å²) in [4.78, 5) is 30.8. The van der Waals surface area contributed by atoms with Crippen LogP contribution in [0.15, 0.2) is 24.4 Å². The quantitative estimate of drug-likeness (QED) is 0.731. The number of hydrogen-bond acceptors (Lipinski definition) is 4. The van der Waals surface area contributed by atoms with Crippen molar-refractivity contribution < 1.29 is 14.4 Å². The fraction of sp³-hybridized carbons (Fsp3) is 0.182. The van der Waals surface area contributed by atoms with E-state index >= 15 is 0 Å². The Balaban J connectivity index is 2.13. The molecule has 0 aliphatic carbocycles. The molecule has 0 fully saturated rings. The normalized spacial score (nSPS) is 10.5. The third-order valence-electron chi connectivity index (χ3n) is 2.31. The number of aromatic nitrogens is 2. The van der Waals surface area contributed by atoms with Crippen molar-refractivity contribution >= 4 is 17.5 Å². The number of imidazole rings is 1. The van der Waals surface area contributed by atoms with Crippen LogP contribution < -0.4 is 11.2 Å². The smallest absolute Gasteiger partial charge is 0.295 e. The van der Waals surface area contributed by atoms with Crippen molar-refractivity contribution in [3.63, 3.8) is 0 Å². The molecule has 0 bridgehead atoms. The van der Waals surface area contributed by atoms with E-state index in [1.807, 2.05) is 19.1 Å². The third kappa shape index (κ3) is 2.46. The number of primary amides is 1. The van der Waals surface area contributed by atoms with E-state index in [1.165, 1.54) is 0 Å². The van der Waals surface area contributed by atoms with Crippen LogP contribution >= 0.6 is 0 Å². The molecule has 0 unspecified atom stereocenters. The zero-order valence-electron chi connectivity index (χ0n) is 9.71. The van der Waals surface area contributed by atoms with Crippen LogP contribution in [0.4, 0.5) is 0 Å². The molecule has 2 aromatic rings. The van der Waals surface area contributed by atoms with Gasteiger partial charge in [0.2, 0.25) is 5.91 Å². The summed E-state index contributed by atoms with van der Waals surface area (Å²) in [6, 6.07) is 5.54. The lowest BCUT2D eigenvalue weighted by molar-refractivity contribution is -0.124. The SMILES string of the molecule is Cc1cccc2nc(C(=O)NOCC(N)=O)cn12. The first kappa shape index (κ1) is 12.1. The predicted octanol–water partition coefficient (Wildman–Crippen LogP) is -0.211. The van der Waals surface area contributed by atoms with Crippen LogP contribution in [0.2, 0.25) is 0 Å². The number of hydrogen-bond donors (Lipinski definition) is 2. The lowest BCUT2D eigenvalue weighted by atomic mass is 10.4. The number of fused-ring (bicyclic) bond motifs is 1. The van der Waals surface area contributed by atoms with Gasteiger partial charge in [-0.05, 0) is 19.1 Å². The molecule has 18 heavy (non-hydrogen) atoms. The van der Waals surface area contributed by atoms with Gasteiger partial charge in [0, 0.05) is 11.9 Å². The average Bonchev–Trinajstić information content (AvgIpc) is 2.74. The molecule has 2 rings (SSSR count). The van der Waals surface area contributed by atoms with Crippen LogP contribution in [0.3, 0.4) is 0 Å². The number of rotatable bonds is 4. The second kappa shape index (κ2) is 4.84. The zero-order valence-corrected chi connectivity index (χ0v) is 9.71. The number of amides is 2. The number of pyridine rings is 1. The summed E-state index contributed by atoms with van der Waals surface area (Å²) in [5, 5.41) is 0. The molecular formula is C11H12N4O3. The van der Waals surface area contributed by atoms with Gasteiger partial charge in [0.15, 0.2) is 6.61 Å². The van der Waals surface area contributed by atoms with E-state index in [1.54, 1.807) is 16.7 Å². The van der Waals surface area contributed by atoms with Crippen LogP contribution in [0.25, 0.3) is 5.65 Å². The Morgan fingerprint density at radius 1 is 1.50 bits per heavy atom. The maximum absolute atomic E-state index is 11.6. The summed E-state index contributed by atoms with van der Waals surface area (Å²) < 4.78 is 1.78. The first-order valence-corrected chi connectivity index (χ1v) is 5.23. The molecule has 0 saturated carbocycles. The van der Waals surface area contributed by atoms with E-state index < -0.39 is 11.8 Å². The van der Waals surface area contributed by atoms with E-state index in [0.717, 1.165) is 5.69 Å². The zero-order chi connectivity index (χ0) is 13.1. The van der Waals surface area contributed by atoms with Gasteiger partial charge >= 0.3 is 0 Å². The summed E-state index contributed by atoms with van der Waals surface area (Å²) in [5.41, 5.74) is 8.78. The van der Waals surface area contributed by atoms with Gasteiger partial charge in [0.05, 0.1) is 0 Å². The minimum absolute atomic E-state index is 0.203. The van der Waals surface area contributed by atoms with Gasteiger partial charge < -0.3 is 10.1 Å². The van der Waals surface area contributed by atoms with E-state index in [0.29, 0.717) is 5.65 Å². The summed E-state index contributed by atoms with van der Waals surface area (Å²) in [5.74, 6) is -1.19. The molecule has 0 aliphatic heterocycles. The molecule has 0 atom stereocenters. The third-order valence-corrected chi connectivity index (χ3v) is 2.31. The number of aryl methyl sites for hydroxylation is 1. The predicted molar refractivity (Wildman–Crippen MR) is 62.5 cm³/mol. The monoisotopic (exact) mass is 248 g/mol. The molecule has 0 saturated heterocycles. The standard InChI is InChI=1S/C11H12N4O3/c1-7-3-2-4-10-13-8(5-15(7)10)11(17)14-18-6-9(12)16/h2-5H,6H2,1H3,(H2,12,16)(H,14,17). The van der Waals surface area contributed by atoms with E-state index in [4.69, 9.17) is 5.73 Å². The van der Waals surface area contributed by atoms with Crippen molar-refractivity contribution in [2.45, 2.75) is 6.92 Å². The molecule has 2 amide bonds. The highest BCUT2D eigenvalue weighted by Crippen LogP contribution is 2.08. The Bertz CT molecular complexity index is 605. The van der Waals surface area contributed by atoms with Gasteiger partial charge in [-0.25, -0.2) is 10.5 Å². The second-order valence-corrected chi connectivity index (χ2v) is 3.71. The Kier molecular flexibility index (Phi) is 3.24. The number of nitrogens with two attached hydrogens (primary N) is 1. The average molecular weight is 248 g/mol. The van der Waals surface area contributed by atoms with Crippen LogP contribution in [0.5, 0.6) is 0 Å². The minimum Gasteiger partial charge on any atom is -0.368 e. The van der Waals surface area contributed by atoms with Gasteiger partial charge in [-0.1, -0.05) is 6.07 Å². The fourth-order valence-corrected chi connectivity index (χ4v) is 1.48. The maximum Gasteiger partial charge on any atom is 0.295 e. The van der Waals surface area contributed by atoms with Gasteiger partial charge in [0.25, 0.3) is 5.91 Å². The summed E-state index contributed by atoms with van der Waals surface area (Å²) in [6.07, 6.45) is 1.59. The first-order valence-electron chi connectivity index (χ1n) is 5.23. The second-order valence-electron chi connectivity index (χ2n) is 3.71. The van der Waals surface area contributed by atoms with E-state index in [2.05, 4.69) is 15.3 Å². The summed E-state index contributed by atoms with van der Waals surface area (Å²) >= 11 is 0. The van der Waals surface area contributed by atoms with E-state index in [-0.39, 0.29) is 12.3 Å². The Hall–Kier alpha value is -2.41. The molecule has 0 aromatic carbocycles. The van der Waals surface area contributed by atoms with Crippen molar-refractivity contribution in [2.24, 2.45) is 5.73 Å². The van der Waals surface area contributed by atoms with Crippen molar-refractivity contribution in [1.82, 2.24) is 14.9 Å². The van der Waals surface area contributed by atoms with Crippen LogP contribution in [-0.2, 0) is 9.63 Å². The van der Waals surface area contributed by atoms with Crippen LogP contribution in [0, 0.1) is 6.92 Å². The molecule has 0 radical (unpaired) electrons. The van der Waals surface area contributed by atoms with Gasteiger partial charge in [-0.15, -0.1) is 0 Å². The largest absolute Gasteiger partial charge is 0.368 e. The molecule has 7 heteroatoms. The molecule has 7 nitrogen and oxygen atoms in total. The van der Waals surface area contributed by atoms with Crippen molar-refractivity contribution in [2.75, 3.05) is 6.61 Å². The van der Waals surface area contributed by atoms with Gasteiger partial charge in [0.1, 0.15) is 11.3 Å². The number of hydroxylamine groups is 1. The topological polar surface area (TPSA) is 98.7 Å². The molecular weight excluding hydrogens is 236 g/mol. The van der Waals surface area contributed by atoms with Crippen molar-refractivity contribution in [3.8, 4) is 0 Å². The fourth-order valence-electron chi connectivity index (χ4n) is 1.48. The highest BCUT2D eigenvalue weighted by molar-refractivity contribution is 5.92. The Morgan fingerprint density at radius 2 is 2.28 bits per heavy atom. The van der Waals surface area contributed by atoms with Crippen LogP contribution in [0.1, 0.15) is 16.2 Å². The first-order chi connectivity index (χ1) is 8.58. The van der Waals surface area contributed by atoms with Gasteiger partial charge in [-0.3, -0.25) is 14.4 Å². The van der Waals surface area contributed by atoms with Crippen molar-refractivity contribution in [1.29, 1.82) is 0 Å². The lowest BCUT2D eigenvalue weighted by Crippen LogP contribution is -2.29. The van der Waals surface area contributed by atoms with Crippen LogP contribution in [-0.4, -0.2) is 27.8 Å². The Labute approximate surface area is 103 Å². The number of carbonyl (C=O) groups excluding carboxylic acids is 2. The van der Waals surface area contributed by atoms with Gasteiger partial charge in [-0.2, -0.15) is 0 Å². The highest BCUT2D eigenvalue weighted by Gasteiger charge is 2.11. The molecule has 3 N–H and O–H groups in total. The number of nitrogens with one attached hydrogen (secondary N) is 1. The summed E-state index contributed by atoms with van der Waals surface area (Å²) in [7, 11) is 0. The van der Waals surface area contributed by atoms with Crippen molar-refractivity contribution in [3.05, 3.63) is 35.8 Å². The molecule has 2 aromatic heterocycles. The molecule has 94 valence electrons. The molecule has 2 heterocycles. The number of carbonyl (C=O) groups is 2. The molecule has 0 spiro atoms. The van der Waals surface area contributed by atoms with E-state index in [9.17, 15) is 9.59 Å². The maximum atomic E-state index is 11.6. The molecule has 0 aliphatic rings. The highest BCUT2D eigenvalue weighted by atomic mass is 16.7. The number of nitrogens with zero attached hydrogens (tertiary/aromatic N) is 2. The minimum atomic E-state index is -0.666. The Morgan fingerprint density at radius 3 is 2.94 bits per heavy atom. The lowest BCUT2D eigenvalue weighted by Gasteiger charge is -2.00.